The minimum Gasteiger partial charge on any atom is -0.325 e. The van der Waals surface area contributed by atoms with Crippen LogP contribution in [0.25, 0.3) is 10.8 Å². The number of benzene rings is 2. The first-order valence-corrected chi connectivity index (χ1v) is 6.67. The van der Waals surface area contributed by atoms with Crippen molar-refractivity contribution in [1.82, 2.24) is 0 Å². The van der Waals surface area contributed by atoms with Crippen LogP contribution in [-0.2, 0) is 4.79 Å². The van der Waals surface area contributed by atoms with Crippen molar-refractivity contribution in [3.63, 3.8) is 0 Å². The highest BCUT2D eigenvalue weighted by Crippen LogP contribution is 2.19. The molecule has 2 aromatic rings. The quantitative estimate of drug-likeness (QED) is 0.883. The molecule has 0 spiro atoms. The fourth-order valence-electron chi connectivity index (χ4n) is 2.01. The summed E-state index contributed by atoms with van der Waals surface area (Å²) in [4.78, 5) is 12.0. The Bertz CT molecular complexity index is 580. The van der Waals surface area contributed by atoms with Crippen LogP contribution in [0.5, 0.6) is 0 Å². The van der Waals surface area contributed by atoms with Gasteiger partial charge in [-0.05, 0) is 28.8 Å². The van der Waals surface area contributed by atoms with Crippen molar-refractivity contribution in [2.45, 2.75) is 26.3 Å². The van der Waals surface area contributed by atoms with Gasteiger partial charge in [-0.1, -0.05) is 50.6 Å². The van der Waals surface area contributed by atoms with Gasteiger partial charge in [0.05, 0.1) is 6.04 Å². The highest BCUT2D eigenvalue weighted by Gasteiger charge is 2.19. The molecule has 0 aliphatic carbocycles. The lowest BCUT2D eigenvalue weighted by Crippen LogP contribution is -2.40. The molecule has 3 nitrogen and oxygen atoms in total. The van der Waals surface area contributed by atoms with Crippen molar-refractivity contribution in [1.29, 1.82) is 0 Å². The fraction of sp³-hybridized carbons (Fsp3) is 0.312. The second-order valence-electron chi connectivity index (χ2n) is 4.96. The van der Waals surface area contributed by atoms with Gasteiger partial charge in [0.2, 0.25) is 5.91 Å². The standard InChI is InChI=1S/C16H20N2O/c1-3-11(2)15(17)16(19)18-14-9-8-12-6-4-5-7-13(12)10-14/h4-11,15H,3,17H2,1-2H3,(H,18,19)/t11-,15-/m0/s1. The molecule has 0 aromatic heterocycles. The molecular formula is C16H20N2O. The third-order valence-electron chi connectivity index (χ3n) is 3.58. The number of rotatable bonds is 4. The maximum atomic E-state index is 12.0. The van der Waals surface area contributed by atoms with Crippen LogP contribution in [0.3, 0.4) is 0 Å². The maximum absolute atomic E-state index is 12.0. The van der Waals surface area contributed by atoms with Crippen LogP contribution in [0, 0.1) is 5.92 Å². The molecule has 0 radical (unpaired) electrons. The molecule has 0 saturated carbocycles. The maximum Gasteiger partial charge on any atom is 0.241 e. The van der Waals surface area contributed by atoms with Gasteiger partial charge < -0.3 is 11.1 Å². The number of carbonyl (C=O) groups is 1. The Morgan fingerprint density at radius 2 is 1.89 bits per heavy atom. The van der Waals surface area contributed by atoms with E-state index >= 15 is 0 Å². The number of carbonyl (C=O) groups excluding carboxylic acids is 1. The van der Waals surface area contributed by atoms with Gasteiger partial charge in [0.15, 0.2) is 0 Å². The Hall–Kier alpha value is -1.87. The first-order valence-electron chi connectivity index (χ1n) is 6.67. The SMILES string of the molecule is CC[C@H](C)[C@H](N)C(=O)Nc1ccc2ccccc2c1. The number of nitrogens with two attached hydrogens (primary N) is 1. The summed E-state index contributed by atoms with van der Waals surface area (Å²) < 4.78 is 0. The molecule has 2 aromatic carbocycles. The Labute approximate surface area is 113 Å². The first-order chi connectivity index (χ1) is 9.11. The number of hydrogen-bond donors (Lipinski definition) is 2. The molecule has 0 heterocycles. The van der Waals surface area contributed by atoms with E-state index in [0.29, 0.717) is 0 Å². The predicted octanol–water partition coefficient (Wildman–Crippen LogP) is 3.15. The summed E-state index contributed by atoms with van der Waals surface area (Å²) in [5.41, 5.74) is 6.71. The van der Waals surface area contributed by atoms with Crippen molar-refractivity contribution < 1.29 is 4.79 Å². The second-order valence-corrected chi connectivity index (χ2v) is 4.96. The average molecular weight is 256 g/mol. The number of fused-ring (bicyclic) bond motifs is 1. The van der Waals surface area contributed by atoms with Crippen LogP contribution in [0.4, 0.5) is 5.69 Å². The third kappa shape index (κ3) is 3.12. The summed E-state index contributed by atoms with van der Waals surface area (Å²) in [5.74, 6) is 0.0603. The third-order valence-corrected chi connectivity index (χ3v) is 3.58. The number of nitrogens with one attached hydrogen (secondary N) is 1. The van der Waals surface area contributed by atoms with E-state index < -0.39 is 6.04 Å². The minimum absolute atomic E-state index is 0.121. The molecular weight excluding hydrogens is 236 g/mol. The van der Waals surface area contributed by atoms with E-state index in [2.05, 4.69) is 5.32 Å². The topological polar surface area (TPSA) is 55.1 Å². The molecule has 1 amide bonds. The highest BCUT2D eigenvalue weighted by molar-refractivity contribution is 5.97. The van der Waals surface area contributed by atoms with Crippen LogP contribution in [-0.4, -0.2) is 11.9 Å². The Kier molecular flexibility index (Phi) is 4.17. The predicted molar refractivity (Wildman–Crippen MR) is 80.0 cm³/mol. The second kappa shape index (κ2) is 5.85. The molecule has 0 fully saturated rings. The van der Waals surface area contributed by atoms with E-state index in [1.54, 1.807) is 0 Å². The molecule has 3 N–H and O–H groups in total. The molecule has 19 heavy (non-hydrogen) atoms. The molecule has 2 rings (SSSR count). The Balaban J connectivity index is 2.15. The summed E-state index contributed by atoms with van der Waals surface area (Å²) in [7, 11) is 0. The summed E-state index contributed by atoms with van der Waals surface area (Å²) in [6, 6.07) is 13.5. The van der Waals surface area contributed by atoms with Gasteiger partial charge in [-0.3, -0.25) is 4.79 Å². The van der Waals surface area contributed by atoms with E-state index in [-0.39, 0.29) is 11.8 Å². The van der Waals surface area contributed by atoms with Crippen molar-refractivity contribution in [2.75, 3.05) is 5.32 Å². The molecule has 0 aliphatic heterocycles. The molecule has 0 saturated heterocycles. The van der Waals surface area contributed by atoms with Gasteiger partial charge in [0.1, 0.15) is 0 Å². The summed E-state index contributed by atoms with van der Waals surface area (Å²) >= 11 is 0. The van der Waals surface area contributed by atoms with Crippen molar-refractivity contribution >= 4 is 22.4 Å². The van der Waals surface area contributed by atoms with Crippen LogP contribution >= 0.6 is 0 Å². The molecule has 3 heteroatoms. The van der Waals surface area contributed by atoms with E-state index in [4.69, 9.17) is 5.73 Å². The van der Waals surface area contributed by atoms with E-state index in [9.17, 15) is 4.79 Å². The van der Waals surface area contributed by atoms with Gasteiger partial charge in [-0.2, -0.15) is 0 Å². The van der Waals surface area contributed by atoms with Gasteiger partial charge in [-0.25, -0.2) is 0 Å². The lowest BCUT2D eigenvalue weighted by atomic mass is 9.99. The molecule has 2 atom stereocenters. The molecule has 0 bridgehead atoms. The largest absolute Gasteiger partial charge is 0.325 e. The normalized spacial score (nSPS) is 14.1. The molecule has 0 aliphatic rings. The van der Waals surface area contributed by atoms with Crippen LogP contribution in [0.15, 0.2) is 42.5 Å². The van der Waals surface area contributed by atoms with Crippen LogP contribution in [0.1, 0.15) is 20.3 Å². The zero-order valence-corrected chi connectivity index (χ0v) is 11.4. The van der Waals surface area contributed by atoms with Crippen molar-refractivity contribution in [3.05, 3.63) is 42.5 Å². The van der Waals surface area contributed by atoms with Crippen LogP contribution < -0.4 is 11.1 Å². The van der Waals surface area contributed by atoms with E-state index in [0.717, 1.165) is 22.9 Å². The first kappa shape index (κ1) is 13.6. The average Bonchev–Trinajstić information content (AvgIpc) is 2.45. The lowest BCUT2D eigenvalue weighted by molar-refractivity contribution is -0.118. The zero-order valence-electron chi connectivity index (χ0n) is 11.4. The number of anilines is 1. The van der Waals surface area contributed by atoms with Crippen LogP contribution in [0.2, 0.25) is 0 Å². The Morgan fingerprint density at radius 1 is 1.21 bits per heavy atom. The summed E-state index contributed by atoms with van der Waals surface area (Å²) in [6.07, 6.45) is 0.895. The number of hydrogen-bond acceptors (Lipinski definition) is 2. The van der Waals surface area contributed by atoms with Gasteiger partial charge in [-0.15, -0.1) is 0 Å². The van der Waals surface area contributed by atoms with Gasteiger partial charge >= 0.3 is 0 Å². The van der Waals surface area contributed by atoms with E-state index in [1.165, 1.54) is 0 Å². The minimum atomic E-state index is -0.462. The van der Waals surface area contributed by atoms with E-state index in [1.807, 2.05) is 56.3 Å². The fourth-order valence-corrected chi connectivity index (χ4v) is 2.01. The highest BCUT2D eigenvalue weighted by atomic mass is 16.2. The summed E-state index contributed by atoms with van der Waals surface area (Å²) in [6.45, 7) is 4.03. The smallest absolute Gasteiger partial charge is 0.241 e. The Morgan fingerprint density at radius 3 is 2.58 bits per heavy atom. The van der Waals surface area contributed by atoms with Gasteiger partial charge in [0, 0.05) is 5.69 Å². The van der Waals surface area contributed by atoms with Gasteiger partial charge in [0.25, 0.3) is 0 Å². The van der Waals surface area contributed by atoms with Crippen molar-refractivity contribution in [3.8, 4) is 0 Å². The number of amides is 1. The molecule has 100 valence electrons. The monoisotopic (exact) mass is 256 g/mol. The van der Waals surface area contributed by atoms with Crippen molar-refractivity contribution in [2.24, 2.45) is 11.7 Å². The lowest BCUT2D eigenvalue weighted by Gasteiger charge is -2.17. The zero-order chi connectivity index (χ0) is 13.8. The summed E-state index contributed by atoms with van der Waals surface area (Å²) in [5, 5.41) is 5.15. The molecule has 0 unspecified atom stereocenters.